The third-order valence-corrected chi connectivity index (χ3v) is 4.69. The molecule has 0 aromatic heterocycles. The fourth-order valence-electron chi connectivity index (χ4n) is 2.80. The zero-order valence-electron chi connectivity index (χ0n) is 11.5. The fraction of sp³-hybridized carbons (Fsp3) is 1.00. The van der Waals surface area contributed by atoms with Crippen molar-refractivity contribution in [2.75, 3.05) is 20.1 Å². The fourth-order valence-corrected chi connectivity index (χ4v) is 2.80. The number of rotatable bonds is 6. The third-order valence-electron chi connectivity index (χ3n) is 4.69. The van der Waals surface area contributed by atoms with E-state index in [2.05, 4.69) is 25.8 Å². The average Bonchev–Trinajstić information content (AvgIpc) is 2.36. The van der Waals surface area contributed by atoms with Crippen LogP contribution in [-0.2, 0) is 0 Å². The van der Waals surface area contributed by atoms with Crippen molar-refractivity contribution in [3.63, 3.8) is 0 Å². The SMILES string of the molecule is CCC(C)N(C)CCC1(CN)CCCCC1. The molecule has 0 aliphatic heterocycles. The van der Waals surface area contributed by atoms with Gasteiger partial charge in [-0.2, -0.15) is 0 Å². The molecule has 2 nitrogen and oxygen atoms in total. The van der Waals surface area contributed by atoms with Crippen LogP contribution in [0.5, 0.6) is 0 Å². The normalized spacial score (nSPS) is 22.3. The molecular weight excluding hydrogens is 196 g/mol. The van der Waals surface area contributed by atoms with Gasteiger partial charge in [0, 0.05) is 6.04 Å². The molecule has 16 heavy (non-hydrogen) atoms. The molecule has 0 amide bonds. The van der Waals surface area contributed by atoms with Crippen LogP contribution in [0.25, 0.3) is 0 Å². The van der Waals surface area contributed by atoms with Crippen molar-refractivity contribution in [2.24, 2.45) is 11.1 Å². The van der Waals surface area contributed by atoms with Crippen LogP contribution in [0.2, 0.25) is 0 Å². The molecule has 0 radical (unpaired) electrons. The summed E-state index contributed by atoms with van der Waals surface area (Å²) in [6.45, 7) is 6.68. The molecule has 1 saturated carbocycles. The van der Waals surface area contributed by atoms with E-state index in [4.69, 9.17) is 5.73 Å². The second kappa shape index (κ2) is 6.61. The number of hydrogen-bond acceptors (Lipinski definition) is 2. The smallest absolute Gasteiger partial charge is 0.00612 e. The van der Waals surface area contributed by atoms with Gasteiger partial charge >= 0.3 is 0 Å². The predicted octanol–water partition coefficient (Wildman–Crippen LogP) is 3.02. The number of hydrogen-bond donors (Lipinski definition) is 1. The second-order valence-corrected chi connectivity index (χ2v) is 5.75. The van der Waals surface area contributed by atoms with Crippen LogP contribution >= 0.6 is 0 Å². The molecule has 1 aliphatic rings. The number of nitrogens with zero attached hydrogens (tertiary/aromatic N) is 1. The summed E-state index contributed by atoms with van der Waals surface area (Å²) in [5.74, 6) is 0. The Hall–Kier alpha value is -0.0800. The summed E-state index contributed by atoms with van der Waals surface area (Å²) in [4.78, 5) is 2.49. The van der Waals surface area contributed by atoms with Crippen molar-refractivity contribution in [3.8, 4) is 0 Å². The molecule has 2 heteroatoms. The van der Waals surface area contributed by atoms with Crippen LogP contribution in [0.3, 0.4) is 0 Å². The van der Waals surface area contributed by atoms with E-state index in [1.807, 2.05) is 0 Å². The summed E-state index contributed by atoms with van der Waals surface area (Å²) in [5, 5.41) is 0. The van der Waals surface area contributed by atoms with Crippen LogP contribution in [0.15, 0.2) is 0 Å². The van der Waals surface area contributed by atoms with Crippen molar-refractivity contribution in [1.29, 1.82) is 0 Å². The maximum Gasteiger partial charge on any atom is 0.00612 e. The van der Waals surface area contributed by atoms with E-state index in [1.165, 1.54) is 51.5 Å². The highest BCUT2D eigenvalue weighted by molar-refractivity contribution is 4.84. The summed E-state index contributed by atoms with van der Waals surface area (Å²) < 4.78 is 0. The highest BCUT2D eigenvalue weighted by Crippen LogP contribution is 2.38. The van der Waals surface area contributed by atoms with Crippen molar-refractivity contribution < 1.29 is 0 Å². The van der Waals surface area contributed by atoms with E-state index in [-0.39, 0.29) is 0 Å². The van der Waals surface area contributed by atoms with Gasteiger partial charge in [0.15, 0.2) is 0 Å². The standard InChI is InChI=1S/C14H30N2/c1-4-13(2)16(3)11-10-14(12-15)8-6-5-7-9-14/h13H,4-12,15H2,1-3H3. The summed E-state index contributed by atoms with van der Waals surface area (Å²) >= 11 is 0. The molecular formula is C14H30N2. The predicted molar refractivity (Wildman–Crippen MR) is 71.6 cm³/mol. The summed E-state index contributed by atoms with van der Waals surface area (Å²) in [7, 11) is 2.25. The zero-order valence-corrected chi connectivity index (χ0v) is 11.5. The van der Waals surface area contributed by atoms with E-state index < -0.39 is 0 Å². The lowest BCUT2D eigenvalue weighted by atomic mass is 9.72. The van der Waals surface area contributed by atoms with Gasteiger partial charge in [-0.15, -0.1) is 0 Å². The molecule has 1 aliphatic carbocycles. The van der Waals surface area contributed by atoms with Crippen LogP contribution in [0.1, 0.15) is 58.8 Å². The highest BCUT2D eigenvalue weighted by Gasteiger charge is 2.30. The van der Waals surface area contributed by atoms with Crippen molar-refractivity contribution >= 4 is 0 Å². The molecule has 0 bridgehead atoms. The van der Waals surface area contributed by atoms with Crippen molar-refractivity contribution in [3.05, 3.63) is 0 Å². The molecule has 1 fully saturated rings. The molecule has 1 unspecified atom stereocenters. The van der Waals surface area contributed by atoms with Gasteiger partial charge in [0.1, 0.15) is 0 Å². The maximum atomic E-state index is 6.01. The third kappa shape index (κ3) is 3.74. The van der Waals surface area contributed by atoms with E-state index in [9.17, 15) is 0 Å². The zero-order chi connectivity index (χ0) is 12.0. The lowest BCUT2D eigenvalue weighted by Crippen LogP contribution is -2.38. The van der Waals surface area contributed by atoms with Gasteiger partial charge in [0.05, 0.1) is 0 Å². The van der Waals surface area contributed by atoms with E-state index >= 15 is 0 Å². The Labute approximate surface area is 102 Å². The molecule has 2 N–H and O–H groups in total. The summed E-state index contributed by atoms with van der Waals surface area (Å²) in [5.41, 5.74) is 6.49. The van der Waals surface area contributed by atoms with Gasteiger partial charge in [0.2, 0.25) is 0 Å². The Kier molecular flexibility index (Phi) is 5.77. The first kappa shape index (κ1) is 14.0. The topological polar surface area (TPSA) is 29.3 Å². The minimum absolute atomic E-state index is 0.472. The largest absolute Gasteiger partial charge is 0.330 e. The van der Waals surface area contributed by atoms with Gasteiger partial charge in [0.25, 0.3) is 0 Å². The van der Waals surface area contributed by atoms with Crippen LogP contribution < -0.4 is 5.73 Å². The average molecular weight is 226 g/mol. The minimum Gasteiger partial charge on any atom is -0.330 e. The molecule has 0 aromatic rings. The molecule has 96 valence electrons. The second-order valence-electron chi connectivity index (χ2n) is 5.75. The van der Waals surface area contributed by atoms with E-state index in [0.29, 0.717) is 11.5 Å². The molecule has 1 rings (SSSR count). The van der Waals surface area contributed by atoms with E-state index in [0.717, 1.165) is 6.54 Å². The monoisotopic (exact) mass is 226 g/mol. The van der Waals surface area contributed by atoms with Crippen LogP contribution in [0.4, 0.5) is 0 Å². The van der Waals surface area contributed by atoms with Crippen LogP contribution in [0, 0.1) is 5.41 Å². The van der Waals surface area contributed by atoms with Crippen molar-refractivity contribution in [2.45, 2.75) is 64.8 Å². The van der Waals surface area contributed by atoms with Gasteiger partial charge in [-0.3, -0.25) is 0 Å². The first-order chi connectivity index (χ1) is 7.63. The number of nitrogens with two attached hydrogens (primary N) is 1. The van der Waals surface area contributed by atoms with Gasteiger partial charge in [-0.1, -0.05) is 26.2 Å². The molecule has 0 spiro atoms. The summed E-state index contributed by atoms with van der Waals surface area (Å²) in [6.07, 6.45) is 9.46. The Morgan fingerprint density at radius 3 is 2.38 bits per heavy atom. The first-order valence-electron chi connectivity index (χ1n) is 7.04. The Balaban J connectivity index is 2.38. The summed E-state index contributed by atoms with van der Waals surface area (Å²) in [6, 6.07) is 0.707. The van der Waals surface area contributed by atoms with Gasteiger partial charge < -0.3 is 10.6 Å². The van der Waals surface area contributed by atoms with Crippen molar-refractivity contribution in [1.82, 2.24) is 4.90 Å². The lowest BCUT2D eigenvalue weighted by Gasteiger charge is -2.38. The Bertz CT molecular complexity index is 185. The first-order valence-corrected chi connectivity index (χ1v) is 7.04. The molecule has 0 heterocycles. The molecule has 0 saturated heterocycles. The minimum atomic E-state index is 0.472. The van der Waals surface area contributed by atoms with Crippen LogP contribution in [-0.4, -0.2) is 31.1 Å². The van der Waals surface area contributed by atoms with Gasteiger partial charge in [-0.05, 0) is 58.2 Å². The lowest BCUT2D eigenvalue weighted by molar-refractivity contribution is 0.141. The maximum absolute atomic E-state index is 6.01. The van der Waals surface area contributed by atoms with Gasteiger partial charge in [-0.25, -0.2) is 0 Å². The van der Waals surface area contributed by atoms with E-state index in [1.54, 1.807) is 0 Å². The molecule has 0 aromatic carbocycles. The Morgan fingerprint density at radius 1 is 1.25 bits per heavy atom. The highest BCUT2D eigenvalue weighted by atomic mass is 15.1. The quantitative estimate of drug-likeness (QED) is 0.754. The molecule has 1 atom stereocenters. The Morgan fingerprint density at radius 2 is 1.88 bits per heavy atom.